The second kappa shape index (κ2) is 7.78. The molecule has 3 aromatic rings. The molecule has 29 heavy (non-hydrogen) atoms. The Hall–Kier alpha value is -3.02. The van der Waals surface area contributed by atoms with Gasteiger partial charge in [0.15, 0.2) is 17.9 Å². The maximum absolute atomic E-state index is 12.7. The Morgan fingerprint density at radius 3 is 2.66 bits per heavy atom. The van der Waals surface area contributed by atoms with Gasteiger partial charge in [0.2, 0.25) is 15.9 Å². The lowest BCUT2D eigenvalue weighted by atomic mass is 10.3. The number of aromatic nitrogens is 1. The van der Waals surface area contributed by atoms with E-state index in [1.165, 1.54) is 16.4 Å². The molecule has 1 saturated heterocycles. The zero-order chi connectivity index (χ0) is 20.4. The van der Waals surface area contributed by atoms with Gasteiger partial charge in [-0.3, -0.25) is 10.1 Å². The third-order valence-corrected chi connectivity index (χ3v) is 6.32. The fourth-order valence-corrected chi connectivity index (χ4v) is 4.41. The van der Waals surface area contributed by atoms with Crippen molar-refractivity contribution >= 4 is 26.8 Å². The average Bonchev–Trinajstić information content (AvgIpc) is 3.15. The molecule has 2 aromatic carbocycles. The minimum absolute atomic E-state index is 0.0711. The number of oxazole rings is 1. The van der Waals surface area contributed by atoms with E-state index in [1.807, 2.05) is 6.07 Å². The number of nitrogens with zero attached hydrogens (tertiary/aromatic N) is 3. The molecule has 0 N–H and O–H groups in total. The SMILES string of the molecule is O=[N+]([O-])c1cc(S(=O)(=O)N2CCOCC2)ccc1OCc1nc2ccccc2o1. The standard InChI is InChI=1S/C18H17N3O7S/c22-21(23)15-11-13(29(24,25)20-7-9-26-10-8-20)5-6-17(15)27-12-18-19-14-3-1-2-4-16(14)28-18/h1-6,11H,7-10,12H2. The van der Waals surface area contributed by atoms with Crippen molar-refractivity contribution in [2.75, 3.05) is 26.3 Å². The number of nitro benzene ring substituents is 1. The quantitative estimate of drug-likeness (QED) is 0.440. The lowest BCUT2D eigenvalue weighted by Gasteiger charge is -2.26. The highest BCUT2D eigenvalue weighted by atomic mass is 32.2. The Morgan fingerprint density at radius 2 is 1.93 bits per heavy atom. The van der Waals surface area contributed by atoms with Crippen molar-refractivity contribution in [2.24, 2.45) is 0 Å². The molecule has 0 aliphatic carbocycles. The number of ether oxygens (including phenoxy) is 2. The molecular formula is C18H17N3O7S. The topological polar surface area (TPSA) is 125 Å². The molecule has 2 heterocycles. The number of rotatable bonds is 6. The van der Waals surface area contributed by atoms with Crippen LogP contribution in [0.25, 0.3) is 11.1 Å². The van der Waals surface area contributed by atoms with Gasteiger partial charge in [-0.1, -0.05) is 12.1 Å². The van der Waals surface area contributed by atoms with E-state index in [4.69, 9.17) is 13.9 Å². The van der Waals surface area contributed by atoms with E-state index in [1.54, 1.807) is 18.2 Å². The monoisotopic (exact) mass is 419 g/mol. The molecule has 0 unspecified atom stereocenters. The number of nitro groups is 1. The van der Waals surface area contributed by atoms with Gasteiger partial charge in [0.05, 0.1) is 23.0 Å². The van der Waals surface area contributed by atoms with E-state index in [0.29, 0.717) is 11.1 Å². The summed E-state index contributed by atoms with van der Waals surface area (Å²) in [5, 5.41) is 11.5. The summed E-state index contributed by atoms with van der Waals surface area (Å²) in [5.41, 5.74) is 0.774. The van der Waals surface area contributed by atoms with Crippen LogP contribution in [0.15, 0.2) is 51.8 Å². The molecule has 0 amide bonds. The van der Waals surface area contributed by atoms with Crippen molar-refractivity contribution in [1.82, 2.24) is 9.29 Å². The van der Waals surface area contributed by atoms with Gasteiger partial charge < -0.3 is 13.9 Å². The Bertz CT molecular complexity index is 1120. The summed E-state index contributed by atoms with van der Waals surface area (Å²) in [6, 6.07) is 10.7. The first-order chi connectivity index (χ1) is 13.9. The maximum Gasteiger partial charge on any atom is 0.312 e. The maximum atomic E-state index is 12.7. The highest BCUT2D eigenvalue weighted by Crippen LogP contribution is 2.32. The highest BCUT2D eigenvalue weighted by molar-refractivity contribution is 7.89. The molecule has 0 bridgehead atoms. The van der Waals surface area contributed by atoms with Crippen molar-refractivity contribution in [3.8, 4) is 5.75 Å². The zero-order valence-corrected chi connectivity index (χ0v) is 16.0. The summed E-state index contributed by atoms with van der Waals surface area (Å²) in [5.74, 6) is 0.184. The molecule has 152 valence electrons. The summed E-state index contributed by atoms with van der Waals surface area (Å²) in [7, 11) is -3.86. The van der Waals surface area contributed by atoms with Crippen molar-refractivity contribution < 1.29 is 27.2 Å². The highest BCUT2D eigenvalue weighted by Gasteiger charge is 2.29. The Labute approximate surface area is 165 Å². The second-order valence-electron chi connectivity index (χ2n) is 6.27. The molecule has 0 atom stereocenters. The molecule has 11 heteroatoms. The van der Waals surface area contributed by atoms with Gasteiger partial charge in [0, 0.05) is 19.2 Å². The molecule has 10 nitrogen and oxygen atoms in total. The van der Waals surface area contributed by atoms with Crippen LogP contribution in [0.4, 0.5) is 5.69 Å². The van der Waals surface area contributed by atoms with Crippen LogP contribution in [0.5, 0.6) is 5.75 Å². The fourth-order valence-electron chi connectivity index (χ4n) is 2.98. The number of hydrogen-bond donors (Lipinski definition) is 0. The normalized spacial score (nSPS) is 15.4. The fraction of sp³-hybridized carbons (Fsp3) is 0.278. The van der Waals surface area contributed by atoms with Crippen LogP contribution >= 0.6 is 0 Å². The number of fused-ring (bicyclic) bond motifs is 1. The molecule has 1 aliphatic heterocycles. The van der Waals surface area contributed by atoms with Crippen molar-refractivity contribution in [1.29, 1.82) is 0 Å². The first-order valence-corrected chi connectivity index (χ1v) is 10.2. The summed E-state index contributed by atoms with van der Waals surface area (Å²) in [6.45, 7) is 0.837. The van der Waals surface area contributed by atoms with Gasteiger partial charge in [-0.15, -0.1) is 0 Å². The zero-order valence-electron chi connectivity index (χ0n) is 15.2. The van der Waals surface area contributed by atoms with Gasteiger partial charge >= 0.3 is 5.69 Å². The van der Waals surface area contributed by atoms with Gasteiger partial charge in [0.25, 0.3) is 0 Å². The van der Waals surface area contributed by atoms with Crippen LogP contribution in [0.1, 0.15) is 5.89 Å². The predicted octanol–water partition coefficient (Wildman–Crippen LogP) is 2.34. The Morgan fingerprint density at radius 1 is 1.17 bits per heavy atom. The minimum Gasteiger partial charge on any atom is -0.477 e. The summed E-state index contributed by atoms with van der Waals surface area (Å²) in [4.78, 5) is 14.9. The third kappa shape index (κ3) is 3.92. The van der Waals surface area contributed by atoms with Crippen molar-refractivity contribution in [2.45, 2.75) is 11.5 Å². The Balaban J connectivity index is 1.58. The summed E-state index contributed by atoms with van der Waals surface area (Å²) in [6.07, 6.45) is 0. The molecule has 0 saturated carbocycles. The van der Waals surface area contributed by atoms with Crippen molar-refractivity contribution in [3.05, 3.63) is 58.5 Å². The molecule has 0 spiro atoms. The van der Waals surface area contributed by atoms with E-state index in [9.17, 15) is 18.5 Å². The third-order valence-electron chi connectivity index (χ3n) is 4.42. The lowest BCUT2D eigenvalue weighted by molar-refractivity contribution is -0.386. The smallest absolute Gasteiger partial charge is 0.312 e. The van der Waals surface area contributed by atoms with E-state index in [0.717, 1.165) is 6.07 Å². The van der Waals surface area contributed by atoms with Gasteiger partial charge in [-0.05, 0) is 24.3 Å². The van der Waals surface area contributed by atoms with Gasteiger partial charge in [-0.2, -0.15) is 4.31 Å². The largest absolute Gasteiger partial charge is 0.477 e. The van der Waals surface area contributed by atoms with E-state index in [-0.39, 0.29) is 49.4 Å². The minimum atomic E-state index is -3.86. The van der Waals surface area contributed by atoms with Crippen LogP contribution in [0.2, 0.25) is 0 Å². The average molecular weight is 419 g/mol. The number of morpholine rings is 1. The number of hydrogen-bond acceptors (Lipinski definition) is 8. The molecule has 1 fully saturated rings. The lowest BCUT2D eigenvalue weighted by Crippen LogP contribution is -2.40. The van der Waals surface area contributed by atoms with E-state index in [2.05, 4.69) is 4.98 Å². The predicted molar refractivity (Wildman–Crippen MR) is 101 cm³/mol. The second-order valence-corrected chi connectivity index (χ2v) is 8.21. The molecular weight excluding hydrogens is 402 g/mol. The number of para-hydroxylation sites is 2. The van der Waals surface area contributed by atoms with Crippen molar-refractivity contribution in [3.63, 3.8) is 0 Å². The van der Waals surface area contributed by atoms with E-state index < -0.39 is 20.6 Å². The van der Waals surface area contributed by atoms with Crippen LogP contribution in [-0.2, 0) is 21.4 Å². The summed E-state index contributed by atoms with van der Waals surface area (Å²) < 4.78 is 42.9. The van der Waals surface area contributed by atoms with Crippen LogP contribution in [-0.4, -0.2) is 48.9 Å². The summed E-state index contributed by atoms with van der Waals surface area (Å²) >= 11 is 0. The molecule has 4 rings (SSSR count). The van der Waals surface area contributed by atoms with Crippen LogP contribution < -0.4 is 4.74 Å². The first kappa shape index (κ1) is 19.3. The first-order valence-electron chi connectivity index (χ1n) is 8.79. The Kier molecular flexibility index (Phi) is 5.18. The van der Waals surface area contributed by atoms with Crippen LogP contribution in [0, 0.1) is 10.1 Å². The molecule has 1 aliphatic rings. The van der Waals surface area contributed by atoms with E-state index >= 15 is 0 Å². The number of sulfonamides is 1. The molecule has 0 radical (unpaired) electrons. The number of benzene rings is 2. The van der Waals surface area contributed by atoms with Crippen LogP contribution in [0.3, 0.4) is 0 Å². The van der Waals surface area contributed by atoms with Gasteiger partial charge in [0.1, 0.15) is 5.52 Å². The molecule has 1 aromatic heterocycles. The van der Waals surface area contributed by atoms with Gasteiger partial charge in [-0.25, -0.2) is 13.4 Å².